The average Bonchev–Trinajstić information content (AvgIpc) is 0.902. The zero-order valence-corrected chi connectivity index (χ0v) is 72.4. The molecule has 0 amide bonds. The van der Waals surface area contributed by atoms with Crippen molar-refractivity contribution in [2.75, 3.05) is 39.6 Å². The van der Waals surface area contributed by atoms with Crippen LogP contribution in [-0.4, -0.2) is 96.7 Å². The maximum Gasteiger partial charge on any atom is 0.472 e. The van der Waals surface area contributed by atoms with Crippen LogP contribution in [0.25, 0.3) is 0 Å². The molecule has 0 aliphatic rings. The van der Waals surface area contributed by atoms with E-state index in [1.54, 1.807) is 0 Å². The third-order valence-corrected chi connectivity index (χ3v) is 22.9. The molecule has 0 saturated heterocycles. The van der Waals surface area contributed by atoms with Crippen LogP contribution in [0, 0.1) is 17.8 Å². The van der Waals surface area contributed by atoms with E-state index in [-0.39, 0.29) is 25.7 Å². The molecule has 0 rings (SSSR count). The van der Waals surface area contributed by atoms with E-state index in [9.17, 15) is 43.2 Å². The van der Waals surface area contributed by atoms with Crippen LogP contribution in [0.5, 0.6) is 0 Å². The number of carbonyl (C=O) groups is 4. The van der Waals surface area contributed by atoms with Crippen LogP contribution < -0.4 is 0 Å². The van der Waals surface area contributed by atoms with Gasteiger partial charge in [-0.2, -0.15) is 0 Å². The lowest BCUT2D eigenvalue weighted by Gasteiger charge is -2.21. The summed E-state index contributed by atoms with van der Waals surface area (Å²) in [5, 5.41) is 10.7. The number of hydrogen-bond donors (Lipinski definition) is 3. The molecule has 19 heteroatoms. The standard InChI is InChI=1S/C88H172O17P2/c1-8-10-11-12-13-14-15-16-17-18-19-23-26-32-37-42-47-55-62-69-85(90)98-75-83(104-87(92)71-64-57-48-43-38-33-27-24-21-20-22-25-30-35-40-45-52-59-66-79(3)4)77-102-106(94,95)100-73-82(89)74-101-107(96,97)103-78-84(76-99-86(91)70-63-56-51-50-53-60-67-80(5)6)105-88(93)72-65-58-49-44-39-34-29-28-31-36-41-46-54-61-68-81(7)9-2/h79-84,89H,8-78H2,1-7H3,(H,94,95)(H,96,97)/t81?,82-,83-,84-/m1/s1. The molecule has 0 aromatic carbocycles. The predicted octanol–water partition coefficient (Wildman–Crippen LogP) is 26.9. The number of hydrogen-bond acceptors (Lipinski definition) is 15. The molecule has 3 unspecified atom stereocenters. The van der Waals surface area contributed by atoms with Crippen LogP contribution in [0.1, 0.15) is 466 Å². The van der Waals surface area contributed by atoms with Crippen LogP contribution in [0.3, 0.4) is 0 Å². The number of carbonyl (C=O) groups excluding carboxylic acids is 4. The molecule has 0 aliphatic carbocycles. The topological polar surface area (TPSA) is 237 Å². The fourth-order valence-electron chi connectivity index (χ4n) is 13.7. The van der Waals surface area contributed by atoms with Crippen molar-refractivity contribution in [3.8, 4) is 0 Å². The van der Waals surface area contributed by atoms with E-state index in [1.165, 1.54) is 270 Å². The number of ether oxygens (including phenoxy) is 4. The van der Waals surface area contributed by atoms with E-state index >= 15 is 0 Å². The molecule has 3 N–H and O–H groups in total. The van der Waals surface area contributed by atoms with Gasteiger partial charge in [-0.25, -0.2) is 9.13 Å². The molecular weight excluding hydrogens is 1390 g/mol. The van der Waals surface area contributed by atoms with Gasteiger partial charge in [-0.15, -0.1) is 0 Å². The van der Waals surface area contributed by atoms with Crippen LogP contribution in [0.15, 0.2) is 0 Å². The predicted molar refractivity (Wildman–Crippen MR) is 441 cm³/mol. The van der Waals surface area contributed by atoms with Crippen molar-refractivity contribution in [3.63, 3.8) is 0 Å². The van der Waals surface area contributed by atoms with Gasteiger partial charge in [-0.3, -0.25) is 37.3 Å². The van der Waals surface area contributed by atoms with Crippen molar-refractivity contribution in [1.29, 1.82) is 0 Å². The normalized spacial score (nSPS) is 14.1. The second-order valence-corrected chi connectivity index (χ2v) is 35.7. The van der Waals surface area contributed by atoms with Gasteiger partial charge >= 0.3 is 39.5 Å². The summed E-state index contributed by atoms with van der Waals surface area (Å²) in [6.07, 6.45) is 69.6. The van der Waals surface area contributed by atoms with Crippen LogP contribution >= 0.6 is 15.6 Å². The number of aliphatic hydroxyl groups excluding tert-OH is 1. The molecule has 107 heavy (non-hydrogen) atoms. The van der Waals surface area contributed by atoms with E-state index in [0.717, 1.165) is 108 Å². The Morgan fingerprint density at radius 1 is 0.271 bits per heavy atom. The zero-order valence-electron chi connectivity index (χ0n) is 70.6. The van der Waals surface area contributed by atoms with Gasteiger partial charge < -0.3 is 33.8 Å². The second-order valence-electron chi connectivity index (χ2n) is 32.8. The number of phosphoric ester groups is 2. The minimum atomic E-state index is -4.97. The Kier molecular flexibility index (Phi) is 76.6. The summed E-state index contributed by atoms with van der Waals surface area (Å²) in [6.45, 7) is 12.0. The van der Waals surface area contributed by atoms with Crippen molar-refractivity contribution in [2.45, 2.75) is 484 Å². The van der Waals surface area contributed by atoms with Crippen molar-refractivity contribution in [3.05, 3.63) is 0 Å². The minimum Gasteiger partial charge on any atom is -0.462 e. The van der Waals surface area contributed by atoms with Gasteiger partial charge in [0.1, 0.15) is 19.3 Å². The summed E-state index contributed by atoms with van der Waals surface area (Å²) in [5.41, 5.74) is 0. The number of aliphatic hydroxyl groups is 1. The lowest BCUT2D eigenvalue weighted by molar-refractivity contribution is -0.161. The maximum absolute atomic E-state index is 13.2. The molecule has 0 radical (unpaired) electrons. The highest BCUT2D eigenvalue weighted by atomic mass is 31.2. The Morgan fingerprint density at radius 2 is 0.477 bits per heavy atom. The number of unbranched alkanes of at least 4 members (excludes halogenated alkanes) is 53. The smallest absolute Gasteiger partial charge is 0.462 e. The number of rotatable bonds is 86. The summed E-state index contributed by atoms with van der Waals surface area (Å²) in [7, 11) is -9.93. The Labute approximate surface area is 658 Å². The van der Waals surface area contributed by atoms with Crippen LogP contribution in [-0.2, 0) is 65.4 Å². The molecule has 636 valence electrons. The summed E-state index contributed by atoms with van der Waals surface area (Å²) in [5.74, 6) is 0.241. The monoisotopic (exact) mass is 1560 g/mol. The van der Waals surface area contributed by atoms with Crippen molar-refractivity contribution in [2.24, 2.45) is 17.8 Å². The lowest BCUT2D eigenvalue weighted by atomic mass is 9.99. The minimum absolute atomic E-state index is 0.107. The molecule has 0 fully saturated rings. The first-order valence-electron chi connectivity index (χ1n) is 45.4. The maximum atomic E-state index is 13.2. The first kappa shape index (κ1) is 105. The fourth-order valence-corrected chi connectivity index (χ4v) is 15.3. The third kappa shape index (κ3) is 80.5. The quantitative estimate of drug-likeness (QED) is 0.0222. The Morgan fingerprint density at radius 3 is 0.710 bits per heavy atom. The SMILES string of the molecule is CCCCCCCCCCCCCCCCCCCCCC(=O)OC[C@H](COP(=O)(O)OC[C@@H](O)COP(=O)(O)OC[C@@H](COC(=O)CCCCCCCCC(C)C)OC(=O)CCCCCCCCCCCCCCCCC(C)CC)OC(=O)CCCCCCCCCCCCCCCCCCCCC(C)C. The van der Waals surface area contributed by atoms with Crippen molar-refractivity contribution in [1.82, 2.24) is 0 Å². The Hall–Kier alpha value is -1.94. The molecule has 0 aromatic rings. The second kappa shape index (κ2) is 78.0. The number of esters is 4. The van der Waals surface area contributed by atoms with E-state index < -0.39 is 97.5 Å². The van der Waals surface area contributed by atoms with E-state index in [0.29, 0.717) is 31.6 Å². The van der Waals surface area contributed by atoms with Gasteiger partial charge in [-0.05, 0) is 43.4 Å². The van der Waals surface area contributed by atoms with E-state index in [1.807, 2.05) is 0 Å². The summed E-state index contributed by atoms with van der Waals surface area (Å²) in [4.78, 5) is 73.2. The van der Waals surface area contributed by atoms with Gasteiger partial charge in [0.05, 0.1) is 26.4 Å². The van der Waals surface area contributed by atoms with Gasteiger partial charge in [-0.1, -0.05) is 414 Å². The summed E-state index contributed by atoms with van der Waals surface area (Å²) >= 11 is 0. The largest absolute Gasteiger partial charge is 0.472 e. The molecule has 0 spiro atoms. The van der Waals surface area contributed by atoms with Gasteiger partial charge in [0.2, 0.25) is 0 Å². The lowest BCUT2D eigenvalue weighted by Crippen LogP contribution is -2.30. The molecule has 0 saturated carbocycles. The molecular formula is C88H172O17P2. The Bertz CT molecular complexity index is 2060. The molecule has 0 heterocycles. The van der Waals surface area contributed by atoms with Gasteiger partial charge in [0.15, 0.2) is 12.2 Å². The fraction of sp³-hybridized carbons (Fsp3) is 0.955. The molecule has 0 aromatic heterocycles. The van der Waals surface area contributed by atoms with Gasteiger partial charge in [0, 0.05) is 25.7 Å². The highest BCUT2D eigenvalue weighted by Crippen LogP contribution is 2.45. The Balaban J connectivity index is 5.21. The van der Waals surface area contributed by atoms with E-state index in [2.05, 4.69) is 48.5 Å². The first-order valence-corrected chi connectivity index (χ1v) is 48.4. The first-order chi connectivity index (χ1) is 51.8. The third-order valence-electron chi connectivity index (χ3n) is 21.0. The van der Waals surface area contributed by atoms with Crippen molar-refractivity contribution >= 4 is 39.5 Å². The highest BCUT2D eigenvalue weighted by molar-refractivity contribution is 7.47. The van der Waals surface area contributed by atoms with E-state index in [4.69, 9.17) is 37.0 Å². The molecule has 6 atom stereocenters. The molecule has 0 bridgehead atoms. The van der Waals surface area contributed by atoms with Crippen molar-refractivity contribution < 1.29 is 80.2 Å². The average molecular weight is 1560 g/mol. The highest BCUT2D eigenvalue weighted by Gasteiger charge is 2.31. The molecule has 0 aliphatic heterocycles. The molecule has 17 nitrogen and oxygen atoms in total. The number of phosphoric acid groups is 2. The van der Waals surface area contributed by atoms with Crippen LogP contribution in [0.2, 0.25) is 0 Å². The summed E-state index contributed by atoms with van der Waals surface area (Å²) < 4.78 is 68.9. The summed E-state index contributed by atoms with van der Waals surface area (Å²) in [6, 6.07) is 0. The van der Waals surface area contributed by atoms with Crippen LogP contribution in [0.4, 0.5) is 0 Å². The zero-order chi connectivity index (χ0) is 78.6. The van der Waals surface area contributed by atoms with Gasteiger partial charge in [0.25, 0.3) is 0 Å².